The molecule has 3 nitrogen and oxygen atoms in total. The fourth-order valence-electron chi connectivity index (χ4n) is 1.16. The lowest BCUT2D eigenvalue weighted by atomic mass is 10.0. The molecule has 0 saturated carbocycles. The first kappa shape index (κ1) is 7.25. The number of carbonyl (C=O) groups excluding carboxylic acids is 2. The number of rotatable bonds is 1. The van der Waals surface area contributed by atoms with Gasteiger partial charge in [0.25, 0.3) is 0 Å². The molecule has 2 unspecified atom stereocenters. The zero-order valence-electron chi connectivity index (χ0n) is 6.09. The molecule has 1 aliphatic heterocycles. The van der Waals surface area contributed by atoms with Gasteiger partial charge in [-0.25, -0.2) is 0 Å². The van der Waals surface area contributed by atoms with Gasteiger partial charge in [0.2, 0.25) is 0 Å². The van der Waals surface area contributed by atoms with Crippen LogP contribution in [0.2, 0.25) is 0 Å². The average molecular weight is 142 g/mol. The Morgan fingerprint density at radius 3 is 2.50 bits per heavy atom. The van der Waals surface area contributed by atoms with E-state index >= 15 is 0 Å². The minimum atomic E-state index is -0.479. The lowest BCUT2D eigenvalue weighted by molar-refractivity contribution is -0.147. The quantitative estimate of drug-likeness (QED) is 0.501. The van der Waals surface area contributed by atoms with Gasteiger partial charge in [0.1, 0.15) is 0 Å². The van der Waals surface area contributed by atoms with Crippen molar-refractivity contribution in [3.8, 4) is 0 Å². The summed E-state index contributed by atoms with van der Waals surface area (Å²) in [6.07, 6.45) is -0.1000. The Kier molecular flexibility index (Phi) is 1.74. The maximum Gasteiger partial charge on any atom is 0.306 e. The average Bonchev–Trinajstić information content (AvgIpc) is 2.10. The van der Waals surface area contributed by atoms with Gasteiger partial charge in [0.05, 0.1) is 6.42 Å². The molecule has 1 fully saturated rings. The van der Waals surface area contributed by atoms with Crippen molar-refractivity contribution in [1.82, 2.24) is 0 Å². The van der Waals surface area contributed by atoms with Crippen LogP contribution in [-0.4, -0.2) is 17.9 Å². The summed E-state index contributed by atoms with van der Waals surface area (Å²) in [6.45, 7) is 3.29. The van der Waals surface area contributed by atoms with Crippen molar-refractivity contribution in [2.75, 3.05) is 0 Å². The molecule has 1 rings (SSSR count). The summed E-state index contributed by atoms with van der Waals surface area (Å²) < 4.78 is 4.75. The van der Waals surface area contributed by atoms with Gasteiger partial charge in [-0.15, -0.1) is 0 Å². The van der Waals surface area contributed by atoms with Gasteiger partial charge in [0.15, 0.2) is 11.9 Å². The Labute approximate surface area is 59.4 Å². The van der Waals surface area contributed by atoms with Crippen LogP contribution in [0.1, 0.15) is 20.3 Å². The topological polar surface area (TPSA) is 43.4 Å². The van der Waals surface area contributed by atoms with Crippen LogP contribution in [0.5, 0.6) is 0 Å². The Hall–Kier alpha value is -0.860. The van der Waals surface area contributed by atoms with E-state index in [2.05, 4.69) is 0 Å². The van der Waals surface area contributed by atoms with E-state index in [1.807, 2.05) is 6.92 Å². The van der Waals surface area contributed by atoms with Crippen molar-refractivity contribution in [3.05, 3.63) is 0 Å². The van der Waals surface area contributed by atoms with Gasteiger partial charge in [-0.3, -0.25) is 9.59 Å². The van der Waals surface area contributed by atoms with E-state index in [1.54, 1.807) is 0 Å². The van der Waals surface area contributed by atoms with Crippen LogP contribution >= 0.6 is 0 Å². The standard InChI is InChI=1S/C7H10O3/c1-4-3-6(9)10-7(4)5(2)8/h4,7H,3H2,1-2H3. The van der Waals surface area contributed by atoms with E-state index in [-0.39, 0.29) is 17.7 Å². The predicted molar refractivity (Wildman–Crippen MR) is 34.3 cm³/mol. The van der Waals surface area contributed by atoms with Gasteiger partial charge in [0, 0.05) is 5.92 Å². The molecule has 56 valence electrons. The molecule has 0 N–H and O–H groups in total. The number of cyclic esters (lactones) is 1. The van der Waals surface area contributed by atoms with Crippen LogP contribution < -0.4 is 0 Å². The summed E-state index contributed by atoms with van der Waals surface area (Å²) in [4.78, 5) is 21.3. The third-order valence-electron chi connectivity index (χ3n) is 1.66. The van der Waals surface area contributed by atoms with E-state index in [4.69, 9.17) is 4.74 Å². The number of Topliss-reactive ketones (excluding diaryl/α,β-unsaturated/α-hetero) is 1. The highest BCUT2D eigenvalue weighted by molar-refractivity contribution is 5.86. The lowest BCUT2D eigenvalue weighted by Crippen LogP contribution is -2.22. The van der Waals surface area contributed by atoms with Gasteiger partial charge in [-0.05, 0) is 6.92 Å². The summed E-state index contributed by atoms with van der Waals surface area (Å²) >= 11 is 0. The molecule has 10 heavy (non-hydrogen) atoms. The second kappa shape index (κ2) is 2.40. The molecule has 1 aliphatic rings. The number of ether oxygens (including phenoxy) is 1. The largest absolute Gasteiger partial charge is 0.454 e. The van der Waals surface area contributed by atoms with Crippen molar-refractivity contribution < 1.29 is 14.3 Å². The van der Waals surface area contributed by atoms with E-state index in [0.29, 0.717) is 6.42 Å². The molecule has 2 atom stereocenters. The van der Waals surface area contributed by atoms with Crippen molar-refractivity contribution >= 4 is 11.8 Å². The fourth-order valence-corrected chi connectivity index (χ4v) is 1.16. The van der Waals surface area contributed by atoms with Crippen molar-refractivity contribution in [3.63, 3.8) is 0 Å². The lowest BCUT2D eigenvalue weighted by Gasteiger charge is -2.07. The maximum atomic E-state index is 10.7. The smallest absolute Gasteiger partial charge is 0.306 e. The number of carbonyl (C=O) groups is 2. The van der Waals surface area contributed by atoms with Crippen LogP contribution in [0.4, 0.5) is 0 Å². The SMILES string of the molecule is CC(=O)C1OC(=O)CC1C. The minimum Gasteiger partial charge on any atom is -0.454 e. The third kappa shape index (κ3) is 1.17. The van der Waals surface area contributed by atoms with E-state index in [0.717, 1.165) is 0 Å². The van der Waals surface area contributed by atoms with Gasteiger partial charge < -0.3 is 4.74 Å². The summed E-state index contributed by atoms with van der Waals surface area (Å²) in [5, 5.41) is 0. The number of hydrogen-bond acceptors (Lipinski definition) is 3. The second-order valence-corrected chi connectivity index (χ2v) is 2.70. The van der Waals surface area contributed by atoms with Crippen LogP contribution in [0.3, 0.4) is 0 Å². The molecule has 0 aromatic rings. The van der Waals surface area contributed by atoms with E-state index < -0.39 is 6.10 Å². The summed E-state index contributed by atoms with van der Waals surface area (Å²) in [6, 6.07) is 0. The molecule has 0 amide bonds. The molecule has 0 radical (unpaired) electrons. The Bertz CT molecular complexity index is 174. The molecule has 0 aromatic heterocycles. The van der Waals surface area contributed by atoms with Crippen molar-refractivity contribution in [2.45, 2.75) is 26.4 Å². The zero-order valence-corrected chi connectivity index (χ0v) is 6.09. The second-order valence-electron chi connectivity index (χ2n) is 2.70. The Morgan fingerprint density at radius 2 is 2.30 bits per heavy atom. The molecule has 0 bridgehead atoms. The van der Waals surface area contributed by atoms with E-state index in [9.17, 15) is 9.59 Å². The molecule has 1 saturated heterocycles. The van der Waals surface area contributed by atoms with E-state index in [1.165, 1.54) is 6.92 Å². The Balaban J connectivity index is 2.63. The summed E-state index contributed by atoms with van der Waals surface area (Å²) in [5.74, 6) is -0.254. The first-order valence-electron chi connectivity index (χ1n) is 3.31. The first-order chi connectivity index (χ1) is 4.61. The molecule has 0 spiro atoms. The van der Waals surface area contributed by atoms with Gasteiger partial charge in [-0.1, -0.05) is 6.92 Å². The summed E-state index contributed by atoms with van der Waals surface area (Å²) in [7, 11) is 0. The zero-order chi connectivity index (χ0) is 7.72. The maximum absolute atomic E-state index is 10.7. The van der Waals surface area contributed by atoms with Crippen LogP contribution in [0.15, 0.2) is 0 Å². The molecule has 0 aromatic carbocycles. The highest BCUT2D eigenvalue weighted by Gasteiger charge is 2.34. The molecule has 3 heteroatoms. The van der Waals surface area contributed by atoms with Gasteiger partial charge in [-0.2, -0.15) is 0 Å². The first-order valence-corrected chi connectivity index (χ1v) is 3.31. The number of ketones is 1. The summed E-state index contributed by atoms with van der Waals surface area (Å²) in [5.41, 5.74) is 0. The number of esters is 1. The van der Waals surface area contributed by atoms with Crippen LogP contribution in [0, 0.1) is 5.92 Å². The van der Waals surface area contributed by atoms with Crippen molar-refractivity contribution in [2.24, 2.45) is 5.92 Å². The fraction of sp³-hybridized carbons (Fsp3) is 0.714. The molecular formula is C7H10O3. The normalized spacial score (nSPS) is 32.0. The van der Waals surface area contributed by atoms with Crippen molar-refractivity contribution in [1.29, 1.82) is 0 Å². The van der Waals surface area contributed by atoms with Crippen LogP contribution in [0.25, 0.3) is 0 Å². The highest BCUT2D eigenvalue weighted by atomic mass is 16.6. The minimum absolute atomic E-state index is 0.0571. The van der Waals surface area contributed by atoms with Crippen LogP contribution in [-0.2, 0) is 14.3 Å². The number of hydrogen-bond donors (Lipinski definition) is 0. The molecular weight excluding hydrogens is 132 g/mol. The highest BCUT2D eigenvalue weighted by Crippen LogP contribution is 2.21. The Morgan fingerprint density at radius 1 is 1.70 bits per heavy atom. The molecule has 1 heterocycles. The third-order valence-corrected chi connectivity index (χ3v) is 1.66. The monoisotopic (exact) mass is 142 g/mol. The predicted octanol–water partition coefficient (Wildman–Crippen LogP) is 0.527. The van der Waals surface area contributed by atoms with Gasteiger partial charge >= 0.3 is 5.97 Å². The molecule has 0 aliphatic carbocycles.